The molecule has 1 amide bonds. The molecule has 2 rings (SSSR count). The standard InChI is InChI=1S/C14H10Cl3NO/c15-10-6-4-9(5-7-10)8-13(19)18-14-11(16)2-1-3-12(14)17/h1-7H,8H2,(H,18,19). The van der Waals surface area contributed by atoms with E-state index in [4.69, 9.17) is 34.8 Å². The molecule has 0 aromatic heterocycles. The van der Waals surface area contributed by atoms with Crippen LogP contribution in [0.3, 0.4) is 0 Å². The molecule has 0 unspecified atom stereocenters. The maximum absolute atomic E-state index is 11.9. The van der Waals surface area contributed by atoms with E-state index in [0.717, 1.165) is 5.56 Å². The molecule has 2 aromatic carbocycles. The molecule has 2 aromatic rings. The largest absolute Gasteiger partial charge is 0.323 e. The number of rotatable bonds is 3. The maximum Gasteiger partial charge on any atom is 0.228 e. The first-order chi connectivity index (χ1) is 9.06. The van der Waals surface area contributed by atoms with Gasteiger partial charge in [-0.3, -0.25) is 4.79 Å². The zero-order valence-corrected chi connectivity index (χ0v) is 12.1. The first-order valence-corrected chi connectivity index (χ1v) is 6.68. The fraction of sp³-hybridized carbons (Fsp3) is 0.0714. The Kier molecular flexibility index (Phi) is 4.70. The van der Waals surface area contributed by atoms with Crippen LogP contribution in [0.15, 0.2) is 42.5 Å². The zero-order chi connectivity index (χ0) is 13.8. The summed E-state index contributed by atoms with van der Waals surface area (Å²) in [4.78, 5) is 11.9. The van der Waals surface area contributed by atoms with Gasteiger partial charge < -0.3 is 5.32 Å². The summed E-state index contributed by atoms with van der Waals surface area (Å²) in [6.45, 7) is 0. The van der Waals surface area contributed by atoms with Gasteiger partial charge in [-0.1, -0.05) is 53.0 Å². The molecule has 2 nitrogen and oxygen atoms in total. The van der Waals surface area contributed by atoms with E-state index in [9.17, 15) is 4.79 Å². The van der Waals surface area contributed by atoms with Gasteiger partial charge in [0.1, 0.15) is 0 Å². The van der Waals surface area contributed by atoms with E-state index in [-0.39, 0.29) is 12.3 Å². The highest BCUT2D eigenvalue weighted by atomic mass is 35.5. The molecule has 0 atom stereocenters. The second-order valence-corrected chi connectivity index (χ2v) is 5.20. The lowest BCUT2D eigenvalue weighted by Gasteiger charge is -2.09. The fourth-order valence-electron chi connectivity index (χ4n) is 1.59. The van der Waals surface area contributed by atoms with E-state index < -0.39 is 0 Å². The van der Waals surface area contributed by atoms with Crippen molar-refractivity contribution in [2.45, 2.75) is 6.42 Å². The molecule has 0 saturated heterocycles. The third-order valence-electron chi connectivity index (χ3n) is 2.51. The van der Waals surface area contributed by atoms with Crippen LogP contribution in [0.5, 0.6) is 0 Å². The van der Waals surface area contributed by atoms with Crippen LogP contribution < -0.4 is 5.32 Å². The number of nitrogens with one attached hydrogen (secondary N) is 1. The van der Waals surface area contributed by atoms with Gasteiger partial charge in [-0.05, 0) is 29.8 Å². The lowest BCUT2D eigenvalue weighted by Crippen LogP contribution is -2.14. The van der Waals surface area contributed by atoms with Gasteiger partial charge in [0.25, 0.3) is 0 Å². The van der Waals surface area contributed by atoms with E-state index in [2.05, 4.69) is 5.32 Å². The number of hydrogen-bond acceptors (Lipinski definition) is 1. The first kappa shape index (κ1) is 14.2. The Labute approximate surface area is 126 Å². The van der Waals surface area contributed by atoms with Crippen LogP contribution in [0, 0.1) is 0 Å². The Morgan fingerprint density at radius 2 is 1.53 bits per heavy atom. The van der Waals surface area contributed by atoms with Gasteiger partial charge in [0.05, 0.1) is 22.2 Å². The van der Waals surface area contributed by atoms with Crippen LogP contribution in [0.4, 0.5) is 5.69 Å². The molecule has 0 radical (unpaired) electrons. The fourth-order valence-corrected chi connectivity index (χ4v) is 2.21. The van der Waals surface area contributed by atoms with Gasteiger partial charge in [0.2, 0.25) is 5.91 Å². The Hall–Kier alpha value is -1.22. The van der Waals surface area contributed by atoms with E-state index in [1.54, 1.807) is 42.5 Å². The molecule has 98 valence electrons. The van der Waals surface area contributed by atoms with Gasteiger partial charge >= 0.3 is 0 Å². The predicted octanol–water partition coefficient (Wildman–Crippen LogP) is 4.83. The van der Waals surface area contributed by atoms with Crippen molar-refractivity contribution in [2.75, 3.05) is 5.32 Å². The third kappa shape index (κ3) is 3.87. The van der Waals surface area contributed by atoms with Crippen LogP contribution in [-0.4, -0.2) is 5.91 Å². The number of hydrogen-bond donors (Lipinski definition) is 1. The van der Waals surface area contributed by atoms with Gasteiger partial charge in [0, 0.05) is 5.02 Å². The number of anilines is 1. The van der Waals surface area contributed by atoms with E-state index in [1.807, 2.05) is 0 Å². The third-order valence-corrected chi connectivity index (χ3v) is 3.39. The molecule has 0 fully saturated rings. The first-order valence-electron chi connectivity index (χ1n) is 5.54. The van der Waals surface area contributed by atoms with Crippen molar-refractivity contribution in [2.24, 2.45) is 0 Å². The number of para-hydroxylation sites is 1. The highest BCUT2D eigenvalue weighted by Gasteiger charge is 2.10. The summed E-state index contributed by atoms with van der Waals surface area (Å²) in [7, 11) is 0. The summed E-state index contributed by atoms with van der Waals surface area (Å²) >= 11 is 17.7. The molecular weight excluding hydrogens is 305 g/mol. The van der Waals surface area contributed by atoms with Crippen LogP contribution in [0.2, 0.25) is 15.1 Å². The monoisotopic (exact) mass is 313 g/mol. The Morgan fingerprint density at radius 3 is 2.11 bits per heavy atom. The lowest BCUT2D eigenvalue weighted by atomic mass is 10.1. The highest BCUT2D eigenvalue weighted by Crippen LogP contribution is 2.29. The van der Waals surface area contributed by atoms with Crippen molar-refractivity contribution >= 4 is 46.4 Å². The van der Waals surface area contributed by atoms with Crippen LogP contribution in [-0.2, 0) is 11.2 Å². The van der Waals surface area contributed by atoms with Crippen molar-refractivity contribution in [1.82, 2.24) is 0 Å². The predicted molar refractivity (Wildman–Crippen MR) is 80.2 cm³/mol. The van der Waals surface area contributed by atoms with Crippen LogP contribution >= 0.6 is 34.8 Å². The summed E-state index contributed by atoms with van der Waals surface area (Å²) in [6.07, 6.45) is 0.235. The van der Waals surface area contributed by atoms with Gasteiger partial charge in [-0.2, -0.15) is 0 Å². The highest BCUT2D eigenvalue weighted by molar-refractivity contribution is 6.39. The molecule has 19 heavy (non-hydrogen) atoms. The lowest BCUT2D eigenvalue weighted by molar-refractivity contribution is -0.115. The summed E-state index contributed by atoms with van der Waals surface area (Å²) < 4.78 is 0. The van der Waals surface area contributed by atoms with Crippen LogP contribution in [0.1, 0.15) is 5.56 Å². The minimum absolute atomic E-state index is 0.183. The normalized spacial score (nSPS) is 10.3. The number of carbonyl (C=O) groups is 1. The Balaban J connectivity index is 2.07. The minimum Gasteiger partial charge on any atom is -0.323 e. The minimum atomic E-state index is -0.183. The summed E-state index contributed by atoms with van der Waals surface area (Å²) in [5.74, 6) is -0.183. The van der Waals surface area contributed by atoms with E-state index >= 15 is 0 Å². The van der Waals surface area contributed by atoms with Crippen molar-refractivity contribution in [3.63, 3.8) is 0 Å². The van der Waals surface area contributed by atoms with Crippen molar-refractivity contribution in [3.8, 4) is 0 Å². The quantitative estimate of drug-likeness (QED) is 0.864. The van der Waals surface area contributed by atoms with Gasteiger partial charge in [-0.15, -0.1) is 0 Å². The summed E-state index contributed by atoms with van der Waals surface area (Å²) in [5, 5.41) is 4.17. The maximum atomic E-state index is 11.9. The average Bonchev–Trinajstić information content (AvgIpc) is 2.37. The van der Waals surface area contributed by atoms with E-state index in [1.165, 1.54) is 0 Å². The molecule has 0 heterocycles. The number of carbonyl (C=O) groups excluding carboxylic acids is 1. The Bertz CT molecular complexity index is 576. The molecule has 1 N–H and O–H groups in total. The van der Waals surface area contributed by atoms with E-state index in [0.29, 0.717) is 20.8 Å². The van der Waals surface area contributed by atoms with Gasteiger partial charge in [0.15, 0.2) is 0 Å². The van der Waals surface area contributed by atoms with Crippen molar-refractivity contribution in [3.05, 3.63) is 63.1 Å². The van der Waals surface area contributed by atoms with Crippen molar-refractivity contribution < 1.29 is 4.79 Å². The number of amides is 1. The average molecular weight is 315 g/mol. The zero-order valence-electron chi connectivity index (χ0n) is 9.79. The molecular formula is C14H10Cl3NO. The number of halogens is 3. The molecule has 0 spiro atoms. The number of benzene rings is 2. The van der Waals surface area contributed by atoms with Crippen molar-refractivity contribution in [1.29, 1.82) is 0 Å². The SMILES string of the molecule is O=C(Cc1ccc(Cl)cc1)Nc1c(Cl)cccc1Cl. The second kappa shape index (κ2) is 6.29. The molecule has 0 aliphatic carbocycles. The summed E-state index contributed by atoms with van der Waals surface area (Å²) in [5.41, 5.74) is 1.30. The van der Waals surface area contributed by atoms with Gasteiger partial charge in [-0.25, -0.2) is 0 Å². The molecule has 0 saturated carbocycles. The second-order valence-electron chi connectivity index (χ2n) is 3.95. The smallest absolute Gasteiger partial charge is 0.228 e. The molecule has 0 aliphatic heterocycles. The summed E-state index contributed by atoms with van der Waals surface area (Å²) in [6, 6.07) is 12.2. The Morgan fingerprint density at radius 1 is 0.947 bits per heavy atom. The molecule has 0 bridgehead atoms. The molecule has 0 aliphatic rings. The van der Waals surface area contributed by atoms with Crippen LogP contribution in [0.25, 0.3) is 0 Å². The topological polar surface area (TPSA) is 29.1 Å². The molecule has 5 heteroatoms.